The molecule has 0 spiro atoms. The largest absolute Gasteiger partial charge is 0.353 e. The van der Waals surface area contributed by atoms with Gasteiger partial charge in [-0.15, -0.1) is 0 Å². The van der Waals surface area contributed by atoms with Crippen LogP contribution in [0.5, 0.6) is 0 Å². The van der Waals surface area contributed by atoms with E-state index in [-0.39, 0.29) is 12.3 Å². The first-order chi connectivity index (χ1) is 9.75. The maximum Gasteiger partial charge on any atom is 0.157 e. The van der Waals surface area contributed by atoms with E-state index in [9.17, 15) is 0 Å². The molecule has 1 fully saturated rings. The number of hydrogen-bond acceptors (Lipinski definition) is 4. The number of aromatic nitrogens is 3. The smallest absolute Gasteiger partial charge is 0.157 e. The molecule has 20 heavy (non-hydrogen) atoms. The van der Waals surface area contributed by atoms with E-state index in [1.165, 1.54) is 9.99 Å². The number of ether oxygens (including phenoxy) is 2. The van der Waals surface area contributed by atoms with Crippen molar-refractivity contribution in [2.45, 2.75) is 38.5 Å². The van der Waals surface area contributed by atoms with Crippen molar-refractivity contribution in [2.24, 2.45) is 0 Å². The molecular weight excluding hydrogens is 369 g/mol. The first-order valence-corrected chi connectivity index (χ1v) is 8.03. The Morgan fingerprint density at radius 1 is 1.55 bits per heavy atom. The molecule has 3 rings (SSSR count). The molecule has 0 saturated carbocycles. The van der Waals surface area contributed by atoms with Gasteiger partial charge in [0.05, 0.1) is 18.0 Å². The molecular formula is C14H18IN3O2. The Balaban J connectivity index is 1.70. The summed E-state index contributed by atoms with van der Waals surface area (Å²) < 4.78 is 14.8. The predicted octanol–water partition coefficient (Wildman–Crippen LogP) is 3.14. The Hall–Kier alpha value is -0.730. The summed E-state index contributed by atoms with van der Waals surface area (Å²) >= 11 is 2.32. The summed E-state index contributed by atoms with van der Waals surface area (Å²) in [4.78, 5) is 8.46. The highest BCUT2D eigenvalue weighted by Gasteiger charge is 2.17. The number of halogens is 1. The number of fused-ring (bicyclic) bond motifs is 1. The van der Waals surface area contributed by atoms with Crippen LogP contribution >= 0.6 is 22.6 Å². The van der Waals surface area contributed by atoms with Crippen molar-refractivity contribution in [2.75, 3.05) is 13.2 Å². The zero-order chi connectivity index (χ0) is 13.9. The third-order valence-electron chi connectivity index (χ3n) is 3.58. The monoisotopic (exact) mass is 387 g/mol. The lowest BCUT2D eigenvalue weighted by atomic mass is 10.2. The summed E-state index contributed by atoms with van der Waals surface area (Å²) in [5, 5.41) is 1.09. The molecule has 5 nitrogen and oxygen atoms in total. The lowest BCUT2D eigenvalue weighted by molar-refractivity contribution is -0.166. The van der Waals surface area contributed by atoms with Crippen molar-refractivity contribution >= 4 is 33.6 Å². The second kappa shape index (κ2) is 6.36. The molecule has 2 atom stereocenters. The third kappa shape index (κ3) is 2.96. The zero-order valence-electron chi connectivity index (χ0n) is 11.5. The van der Waals surface area contributed by atoms with E-state index in [4.69, 9.17) is 9.47 Å². The summed E-state index contributed by atoms with van der Waals surface area (Å²) in [7, 11) is 0. The van der Waals surface area contributed by atoms with Crippen LogP contribution in [0.25, 0.3) is 11.0 Å². The average Bonchev–Trinajstić information content (AvgIpc) is 2.84. The Morgan fingerprint density at radius 3 is 3.25 bits per heavy atom. The van der Waals surface area contributed by atoms with Crippen LogP contribution in [0.15, 0.2) is 18.7 Å². The molecule has 1 unspecified atom stereocenters. The van der Waals surface area contributed by atoms with E-state index in [2.05, 4.69) is 50.2 Å². The van der Waals surface area contributed by atoms with Gasteiger partial charge in [-0.25, -0.2) is 9.97 Å². The quantitative estimate of drug-likeness (QED) is 0.757. The number of hydrogen-bond donors (Lipinski definition) is 0. The van der Waals surface area contributed by atoms with Crippen LogP contribution in [0.1, 0.15) is 32.2 Å². The van der Waals surface area contributed by atoms with Crippen LogP contribution in [0.2, 0.25) is 0 Å². The Kier molecular flexibility index (Phi) is 4.52. The van der Waals surface area contributed by atoms with Crippen LogP contribution < -0.4 is 0 Å². The average molecular weight is 387 g/mol. The van der Waals surface area contributed by atoms with Crippen molar-refractivity contribution < 1.29 is 9.47 Å². The fourth-order valence-electron chi connectivity index (χ4n) is 2.46. The van der Waals surface area contributed by atoms with E-state index in [0.29, 0.717) is 6.61 Å². The second-order valence-electron chi connectivity index (χ2n) is 5.12. The molecule has 108 valence electrons. The van der Waals surface area contributed by atoms with Gasteiger partial charge in [0.15, 0.2) is 6.29 Å². The van der Waals surface area contributed by atoms with Gasteiger partial charge in [0.2, 0.25) is 0 Å². The highest BCUT2D eigenvalue weighted by atomic mass is 127. The van der Waals surface area contributed by atoms with E-state index in [0.717, 1.165) is 30.5 Å². The van der Waals surface area contributed by atoms with Gasteiger partial charge in [0.1, 0.15) is 12.0 Å². The van der Waals surface area contributed by atoms with Crippen LogP contribution in [-0.2, 0) is 9.47 Å². The molecule has 0 aromatic carbocycles. The topological polar surface area (TPSA) is 49.2 Å². The van der Waals surface area contributed by atoms with Crippen LogP contribution in [0.4, 0.5) is 0 Å². The summed E-state index contributed by atoms with van der Waals surface area (Å²) in [6, 6.07) is 0.224. The first kappa shape index (κ1) is 14.2. The van der Waals surface area contributed by atoms with Crippen LogP contribution in [0.3, 0.4) is 0 Å². The Bertz CT molecular complexity index is 581. The molecule has 3 heterocycles. The van der Waals surface area contributed by atoms with Crippen molar-refractivity contribution in [3.63, 3.8) is 0 Å². The van der Waals surface area contributed by atoms with Gasteiger partial charge in [0, 0.05) is 22.6 Å². The molecule has 0 bridgehead atoms. The summed E-state index contributed by atoms with van der Waals surface area (Å²) in [6.45, 7) is 3.59. The van der Waals surface area contributed by atoms with Gasteiger partial charge < -0.3 is 14.0 Å². The molecule has 0 N–H and O–H groups in total. The minimum atomic E-state index is -0.0401. The van der Waals surface area contributed by atoms with Crippen molar-refractivity contribution in [1.29, 1.82) is 0 Å². The number of nitrogens with zero attached hydrogens (tertiary/aromatic N) is 3. The second-order valence-corrected chi connectivity index (χ2v) is 6.29. The van der Waals surface area contributed by atoms with E-state index in [1.54, 1.807) is 6.33 Å². The number of rotatable bonds is 4. The zero-order valence-corrected chi connectivity index (χ0v) is 13.6. The molecule has 2 aromatic rings. The fourth-order valence-corrected chi connectivity index (χ4v) is 3.14. The molecule has 0 aliphatic carbocycles. The summed E-state index contributed by atoms with van der Waals surface area (Å²) in [5.41, 5.74) is 0.963. The molecule has 0 amide bonds. The SMILES string of the molecule is C[C@@H](COC1CCCCO1)n1cc(I)c2cncnc21. The molecule has 1 aliphatic heterocycles. The third-order valence-corrected chi connectivity index (χ3v) is 4.44. The summed E-state index contributed by atoms with van der Waals surface area (Å²) in [6.07, 6.45) is 8.85. The summed E-state index contributed by atoms with van der Waals surface area (Å²) in [5.74, 6) is 0. The Morgan fingerprint density at radius 2 is 2.45 bits per heavy atom. The minimum absolute atomic E-state index is 0.0401. The van der Waals surface area contributed by atoms with Crippen molar-refractivity contribution in [3.8, 4) is 0 Å². The highest BCUT2D eigenvalue weighted by Crippen LogP contribution is 2.24. The molecule has 2 aromatic heterocycles. The van der Waals surface area contributed by atoms with Gasteiger partial charge in [-0.1, -0.05) is 0 Å². The van der Waals surface area contributed by atoms with Crippen molar-refractivity contribution in [3.05, 3.63) is 22.3 Å². The van der Waals surface area contributed by atoms with E-state index >= 15 is 0 Å². The lowest BCUT2D eigenvalue weighted by Gasteiger charge is -2.24. The lowest BCUT2D eigenvalue weighted by Crippen LogP contribution is -2.25. The first-order valence-electron chi connectivity index (χ1n) is 6.95. The minimum Gasteiger partial charge on any atom is -0.353 e. The van der Waals surface area contributed by atoms with E-state index in [1.807, 2.05) is 6.20 Å². The standard InChI is InChI=1S/C14H18IN3O2/c1-10(8-20-13-4-2-3-5-19-13)18-7-12(15)11-6-16-9-17-14(11)18/h6-7,9-10,13H,2-5,8H2,1H3/t10-,13?/m0/s1. The van der Waals surface area contributed by atoms with E-state index < -0.39 is 0 Å². The normalized spacial score (nSPS) is 21.2. The fraction of sp³-hybridized carbons (Fsp3) is 0.571. The van der Waals surface area contributed by atoms with Crippen molar-refractivity contribution in [1.82, 2.24) is 14.5 Å². The molecule has 0 radical (unpaired) electrons. The van der Waals surface area contributed by atoms with Crippen LogP contribution in [0, 0.1) is 3.57 Å². The maximum absolute atomic E-state index is 5.87. The Labute approximate surface area is 131 Å². The molecule has 1 aliphatic rings. The predicted molar refractivity (Wildman–Crippen MR) is 84.5 cm³/mol. The van der Waals surface area contributed by atoms with Crippen LogP contribution in [-0.4, -0.2) is 34.0 Å². The molecule has 6 heteroatoms. The van der Waals surface area contributed by atoms with Gasteiger partial charge >= 0.3 is 0 Å². The molecule has 1 saturated heterocycles. The van der Waals surface area contributed by atoms with Gasteiger partial charge in [0.25, 0.3) is 0 Å². The van der Waals surface area contributed by atoms with Gasteiger partial charge in [-0.05, 0) is 48.8 Å². The maximum atomic E-state index is 5.87. The highest BCUT2D eigenvalue weighted by molar-refractivity contribution is 14.1. The van der Waals surface area contributed by atoms with Gasteiger partial charge in [-0.3, -0.25) is 0 Å². The van der Waals surface area contributed by atoms with Gasteiger partial charge in [-0.2, -0.15) is 0 Å².